The molecule has 0 amide bonds. The van der Waals surface area contributed by atoms with E-state index in [1.54, 1.807) is 6.20 Å². The highest BCUT2D eigenvalue weighted by Crippen LogP contribution is 2.37. The lowest BCUT2D eigenvalue weighted by molar-refractivity contribution is 0.0682. The Labute approximate surface area is 95.2 Å². The summed E-state index contributed by atoms with van der Waals surface area (Å²) in [6, 6.07) is 0. The molecule has 1 unspecified atom stereocenters. The predicted molar refractivity (Wildman–Crippen MR) is 55.2 cm³/mol. The van der Waals surface area contributed by atoms with Gasteiger partial charge in [0.15, 0.2) is 0 Å². The van der Waals surface area contributed by atoms with Gasteiger partial charge in [-0.1, -0.05) is 0 Å². The zero-order chi connectivity index (χ0) is 12.0. The van der Waals surface area contributed by atoms with Gasteiger partial charge in [-0.2, -0.15) is 5.10 Å². The first kappa shape index (κ1) is 9.91. The third kappa shape index (κ3) is 1.32. The van der Waals surface area contributed by atoms with Crippen molar-refractivity contribution >= 4 is 5.97 Å². The van der Waals surface area contributed by atoms with Crippen LogP contribution in [0.5, 0.6) is 0 Å². The SMILES string of the molecule is O=C(O)c1[nH]nc2c1C(O)Cc1ncncc1-2. The summed E-state index contributed by atoms with van der Waals surface area (Å²) >= 11 is 0. The molecule has 86 valence electrons. The van der Waals surface area contributed by atoms with Crippen LogP contribution in [0.4, 0.5) is 0 Å². The molecular formula is C10H8N4O3. The number of aromatic amines is 1. The normalized spacial score (nSPS) is 17.4. The van der Waals surface area contributed by atoms with Crippen LogP contribution in [0.2, 0.25) is 0 Å². The fourth-order valence-electron chi connectivity index (χ4n) is 2.04. The molecule has 0 fully saturated rings. The lowest BCUT2D eigenvalue weighted by Gasteiger charge is -2.18. The van der Waals surface area contributed by atoms with Gasteiger partial charge in [-0.15, -0.1) is 0 Å². The van der Waals surface area contributed by atoms with Crippen molar-refractivity contribution in [3.8, 4) is 11.3 Å². The quantitative estimate of drug-likeness (QED) is 0.645. The average molecular weight is 232 g/mol. The van der Waals surface area contributed by atoms with E-state index in [4.69, 9.17) is 5.11 Å². The van der Waals surface area contributed by atoms with Crippen LogP contribution in [-0.4, -0.2) is 36.3 Å². The highest BCUT2D eigenvalue weighted by Gasteiger charge is 2.31. The number of nitrogens with one attached hydrogen (secondary N) is 1. The minimum atomic E-state index is -1.14. The minimum absolute atomic E-state index is 0.0815. The Morgan fingerprint density at radius 2 is 2.35 bits per heavy atom. The van der Waals surface area contributed by atoms with Crippen LogP contribution >= 0.6 is 0 Å². The number of carboxylic acids is 1. The van der Waals surface area contributed by atoms with Gasteiger partial charge < -0.3 is 10.2 Å². The highest BCUT2D eigenvalue weighted by molar-refractivity contribution is 5.90. The second kappa shape index (κ2) is 3.36. The molecule has 7 nitrogen and oxygen atoms in total. The molecule has 2 heterocycles. The number of hydrogen-bond donors (Lipinski definition) is 3. The van der Waals surface area contributed by atoms with Crippen molar-refractivity contribution in [1.82, 2.24) is 20.2 Å². The molecular weight excluding hydrogens is 224 g/mol. The van der Waals surface area contributed by atoms with E-state index in [2.05, 4.69) is 20.2 Å². The van der Waals surface area contributed by atoms with Crippen LogP contribution < -0.4 is 0 Å². The first-order chi connectivity index (χ1) is 8.18. The average Bonchev–Trinajstić information content (AvgIpc) is 2.74. The summed E-state index contributed by atoms with van der Waals surface area (Å²) in [7, 11) is 0. The van der Waals surface area contributed by atoms with Gasteiger partial charge in [0.25, 0.3) is 0 Å². The zero-order valence-corrected chi connectivity index (χ0v) is 8.58. The van der Waals surface area contributed by atoms with E-state index in [1.165, 1.54) is 6.33 Å². The van der Waals surface area contributed by atoms with Crippen LogP contribution in [0.1, 0.15) is 27.8 Å². The molecule has 1 atom stereocenters. The van der Waals surface area contributed by atoms with Crippen molar-refractivity contribution < 1.29 is 15.0 Å². The number of aliphatic hydroxyl groups is 1. The zero-order valence-electron chi connectivity index (χ0n) is 8.58. The number of carboxylic acid groups (broad SMARTS) is 1. The van der Waals surface area contributed by atoms with Crippen LogP contribution in [0.3, 0.4) is 0 Å². The number of fused-ring (bicyclic) bond motifs is 3. The molecule has 3 N–H and O–H groups in total. The van der Waals surface area contributed by atoms with Gasteiger partial charge >= 0.3 is 5.97 Å². The molecule has 0 aliphatic heterocycles. The maximum atomic E-state index is 11.0. The Balaban J connectivity index is 2.27. The maximum absolute atomic E-state index is 11.0. The standard InChI is InChI=1S/C10H8N4O3/c15-6-1-5-4(2-11-3-12-5)8-7(6)9(10(16)17)14-13-8/h2-3,6,15H,1H2,(H,13,14)(H,16,17). The molecule has 7 heteroatoms. The third-order valence-corrected chi connectivity index (χ3v) is 2.79. The van der Waals surface area contributed by atoms with Crippen molar-refractivity contribution in [2.45, 2.75) is 12.5 Å². The molecule has 0 saturated carbocycles. The Kier molecular flexibility index (Phi) is 1.96. The number of rotatable bonds is 1. The number of carbonyl (C=O) groups is 1. The fourth-order valence-corrected chi connectivity index (χ4v) is 2.04. The second-order valence-electron chi connectivity index (χ2n) is 3.77. The molecule has 0 bridgehead atoms. The van der Waals surface area contributed by atoms with Gasteiger partial charge in [0, 0.05) is 23.7 Å². The largest absolute Gasteiger partial charge is 0.477 e. The summed E-state index contributed by atoms with van der Waals surface area (Å²) in [5, 5.41) is 25.3. The Morgan fingerprint density at radius 3 is 3.12 bits per heavy atom. The summed E-state index contributed by atoms with van der Waals surface area (Å²) in [5.74, 6) is -1.14. The van der Waals surface area contributed by atoms with E-state index in [-0.39, 0.29) is 12.1 Å². The smallest absolute Gasteiger partial charge is 0.354 e. The lowest BCUT2D eigenvalue weighted by Crippen LogP contribution is -2.14. The Hall–Kier alpha value is -2.28. The predicted octanol–water partition coefficient (Wildman–Crippen LogP) is 0.154. The second-order valence-corrected chi connectivity index (χ2v) is 3.77. The Bertz CT molecular complexity index is 607. The van der Waals surface area contributed by atoms with Crippen LogP contribution in [0.15, 0.2) is 12.5 Å². The summed E-state index contributed by atoms with van der Waals surface area (Å²) in [6.45, 7) is 0. The first-order valence-electron chi connectivity index (χ1n) is 4.97. The maximum Gasteiger partial charge on any atom is 0.354 e. The highest BCUT2D eigenvalue weighted by atomic mass is 16.4. The molecule has 1 aliphatic rings. The number of nitrogens with zero attached hydrogens (tertiary/aromatic N) is 3. The van der Waals surface area contributed by atoms with Gasteiger partial charge in [0.05, 0.1) is 11.8 Å². The first-order valence-corrected chi connectivity index (χ1v) is 4.97. The number of aliphatic hydroxyl groups excluding tert-OH is 1. The molecule has 0 saturated heterocycles. The van der Waals surface area contributed by atoms with Crippen LogP contribution in [0.25, 0.3) is 11.3 Å². The van der Waals surface area contributed by atoms with E-state index in [9.17, 15) is 9.90 Å². The minimum Gasteiger partial charge on any atom is -0.477 e. The fraction of sp³-hybridized carbons (Fsp3) is 0.200. The Morgan fingerprint density at radius 1 is 1.53 bits per heavy atom. The molecule has 1 aliphatic carbocycles. The summed E-state index contributed by atoms with van der Waals surface area (Å²) in [6.07, 6.45) is 2.32. The van der Waals surface area contributed by atoms with Crippen LogP contribution in [-0.2, 0) is 6.42 Å². The van der Waals surface area contributed by atoms with Crippen molar-refractivity contribution in [2.24, 2.45) is 0 Å². The van der Waals surface area contributed by atoms with E-state index >= 15 is 0 Å². The molecule has 0 radical (unpaired) electrons. The van der Waals surface area contributed by atoms with Crippen molar-refractivity contribution in [3.63, 3.8) is 0 Å². The van der Waals surface area contributed by atoms with Gasteiger partial charge in [0.1, 0.15) is 17.7 Å². The van der Waals surface area contributed by atoms with Gasteiger partial charge in [-0.3, -0.25) is 5.10 Å². The molecule has 0 aromatic carbocycles. The molecule has 0 spiro atoms. The van der Waals surface area contributed by atoms with Gasteiger partial charge in [-0.05, 0) is 0 Å². The topological polar surface area (TPSA) is 112 Å². The number of aromatic carboxylic acids is 1. The van der Waals surface area contributed by atoms with E-state index in [0.29, 0.717) is 22.5 Å². The van der Waals surface area contributed by atoms with Crippen molar-refractivity contribution in [3.05, 3.63) is 29.5 Å². The summed E-state index contributed by atoms with van der Waals surface area (Å²) < 4.78 is 0. The van der Waals surface area contributed by atoms with Crippen LogP contribution in [0, 0.1) is 0 Å². The number of hydrogen-bond acceptors (Lipinski definition) is 5. The lowest BCUT2D eigenvalue weighted by atomic mass is 9.91. The van der Waals surface area contributed by atoms with Crippen molar-refractivity contribution in [2.75, 3.05) is 0 Å². The summed E-state index contributed by atoms with van der Waals surface area (Å²) in [4.78, 5) is 18.9. The van der Waals surface area contributed by atoms with E-state index < -0.39 is 12.1 Å². The molecule has 2 aromatic rings. The molecule has 3 rings (SSSR count). The monoisotopic (exact) mass is 232 g/mol. The van der Waals surface area contributed by atoms with E-state index in [1.807, 2.05) is 0 Å². The summed E-state index contributed by atoms with van der Waals surface area (Å²) in [5.41, 5.74) is 1.97. The number of aromatic nitrogens is 4. The number of H-pyrrole nitrogens is 1. The molecule has 17 heavy (non-hydrogen) atoms. The van der Waals surface area contributed by atoms with Gasteiger partial charge in [0.2, 0.25) is 0 Å². The molecule has 2 aromatic heterocycles. The van der Waals surface area contributed by atoms with E-state index in [0.717, 1.165) is 0 Å². The van der Waals surface area contributed by atoms with Crippen molar-refractivity contribution in [1.29, 1.82) is 0 Å². The third-order valence-electron chi connectivity index (χ3n) is 2.79. The van der Waals surface area contributed by atoms with Gasteiger partial charge in [-0.25, -0.2) is 14.8 Å².